The fourth-order valence-electron chi connectivity index (χ4n) is 5.88. The van der Waals surface area contributed by atoms with Crippen LogP contribution in [0.2, 0.25) is 0 Å². The minimum atomic E-state index is -0.384. The lowest BCUT2D eigenvalue weighted by atomic mass is 9.89. The number of nitrogens with zero attached hydrogens (tertiary/aromatic N) is 4. The van der Waals surface area contributed by atoms with E-state index in [2.05, 4.69) is 42.5 Å². The van der Waals surface area contributed by atoms with Gasteiger partial charge in [-0.05, 0) is 75.0 Å². The molecule has 7 heteroatoms. The first-order valence-electron chi connectivity index (χ1n) is 13.5. The maximum absolute atomic E-state index is 12.7. The Morgan fingerprint density at radius 1 is 0.946 bits per heavy atom. The molecule has 1 saturated carbocycles. The number of nitrogens with two attached hydrogens (primary N) is 1. The molecule has 0 bridgehead atoms. The van der Waals surface area contributed by atoms with Crippen LogP contribution >= 0.6 is 0 Å². The van der Waals surface area contributed by atoms with E-state index in [9.17, 15) is 4.79 Å². The van der Waals surface area contributed by atoms with Gasteiger partial charge in [-0.15, -0.1) is 0 Å². The van der Waals surface area contributed by atoms with Crippen LogP contribution in [-0.2, 0) is 19.3 Å². The zero-order valence-electron chi connectivity index (χ0n) is 22.0. The maximum atomic E-state index is 12.7. The standard InChI is InChI=1S/C30H38N6O/c1-35(2)28-25-13-7-8-14-26(25)33-30(34-28)32-23-16-18-24(19-17-23)36(29(31)37)27-15-9-6-12-22(27)20-21-10-4-3-5-11-21/h3-6,9-12,15,23-24H,7-8,13-14,16-20H2,1-2H3,(H2,31,37)(H,32,33,34)/t23-,24+. The molecule has 5 rings (SSSR count). The van der Waals surface area contributed by atoms with Crippen LogP contribution in [0.25, 0.3) is 0 Å². The average molecular weight is 499 g/mol. The highest BCUT2D eigenvalue weighted by Crippen LogP contribution is 2.33. The van der Waals surface area contributed by atoms with Gasteiger partial charge >= 0.3 is 6.03 Å². The van der Waals surface area contributed by atoms with E-state index >= 15 is 0 Å². The number of amides is 2. The van der Waals surface area contributed by atoms with Gasteiger partial charge in [-0.3, -0.25) is 4.90 Å². The van der Waals surface area contributed by atoms with Gasteiger partial charge in [-0.1, -0.05) is 48.5 Å². The number of rotatable bonds is 7. The summed E-state index contributed by atoms with van der Waals surface area (Å²) in [7, 11) is 4.11. The summed E-state index contributed by atoms with van der Waals surface area (Å²) < 4.78 is 0. The number of anilines is 3. The smallest absolute Gasteiger partial charge is 0.319 e. The zero-order valence-corrected chi connectivity index (χ0v) is 22.0. The molecule has 2 aliphatic carbocycles. The Kier molecular flexibility index (Phi) is 7.58. The summed E-state index contributed by atoms with van der Waals surface area (Å²) in [5.74, 6) is 1.77. The number of hydrogen-bond donors (Lipinski definition) is 2. The number of urea groups is 1. The van der Waals surface area contributed by atoms with E-state index < -0.39 is 0 Å². The molecule has 1 heterocycles. The fourth-order valence-corrected chi connectivity index (χ4v) is 5.88. The summed E-state index contributed by atoms with van der Waals surface area (Å²) in [5, 5.41) is 3.62. The van der Waals surface area contributed by atoms with Gasteiger partial charge in [0.25, 0.3) is 0 Å². The predicted molar refractivity (Wildman–Crippen MR) is 150 cm³/mol. The number of carbonyl (C=O) groups is 1. The second-order valence-electron chi connectivity index (χ2n) is 10.5. The third kappa shape index (κ3) is 5.71. The number of primary amides is 1. The molecule has 37 heavy (non-hydrogen) atoms. The molecule has 0 spiro atoms. The molecule has 2 aromatic carbocycles. The van der Waals surface area contributed by atoms with Crippen molar-refractivity contribution in [2.75, 3.05) is 29.2 Å². The zero-order chi connectivity index (χ0) is 25.8. The molecule has 3 N–H and O–H groups in total. The second kappa shape index (κ2) is 11.2. The van der Waals surface area contributed by atoms with Crippen LogP contribution in [0.1, 0.15) is 60.9 Å². The summed E-state index contributed by atoms with van der Waals surface area (Å²) in [4.78, 5) is 26.4. The Bertz CT molecular complexity index is 1220. The Balaban J connectivity index is 1.29. The maximum Gasteiger partial charge on any atom is 0.319 e. The number of hydrogen-bond acceptors (Lipinski definition) is 5. The lowest BCUT2D eigenvalue weighted by Crippen LogP contribution is -2.47. The van der Waals surface area contributed by atoms with E-state index in [-0.39, 0.29) is 18.1 Å². The third-order valence-corrected chi connectivity index (χ3v) is 7.71. The fraction of sp³-hybridized carbons (Fsp3) is 0.433. The van der Waals surface area contributed by atoms with Gasteiger partial charge < -0.3 is 16.0 Å². The number of aryl methyl sites for hydroxylation is 1. The monoisotopic (exact) mass is 498 g/mol. The molecule has 0 atom stereocenters. The molecular formula is C30H38N6O. The SMILES string of the molecule is CN(C)c1nc(N[C@H]2CC[C@@H](N(C(N)=O)c3ccccc3Cc3ccccc3)CC2)nc2c1CCCC2. The molecule has 2 aliphatic rings. The van der Waals surface area contributed by atoms with Crippen molar-refractivity contribution in [1.29, 1.82) is 0 Å². The molecule has 2 amide bonds. The van der Waals surface area contributed by atoms with Crippen molar-refractivity contribution in [3.05, 3.63) is 77.0 Å². The van der Waals surface area contributed by atoms with Crippen LogP contribution in [-0.4, -0.2) is 42.2 Å². The largest absolute Gasteiger partial charge is 0.362 e. The molecule has 0 radical (unpaired) electrons. The van der Waals surface area contributed by atoms with Gasteiger partial charge in [0.2, 0.25) is 5.95 Å². The molecule has 3 aromatic rings. The Morgan fingerprint density at radius 3 is 2.38 bits per heavy atom. The van der Waals surface area contributed by atoms with Crippen LogP contribution in [0.3, 0.4) is 0 Å². The lowest BCUT2D eigenvalue weighted by molar-refractivity contribution is 0.248. The van der Waals surface area contributed by atoms with Gasteiger partial charge in [0, 0.05) is 37.4 Å². The summed E-state index contributed by atoms with van der Waals surface area (Å²) in [6, 6.07) is 18.5. The number of para-hydroxylation sites is 1. The van der Waals surface area contributed by atoms with Gasteiger partial charge in [0.05, 0.1) is 5.69 Å². The molecule has 0 aliphatic heterocycles. The van der Waals surface area contributed by atoms with Crippen molar-refractivity contribution in [2.45, 2.75) is 69.9 Å². The Morgan fingerprint density at radius 2 is 1.65 bits per heavy atom. The quantitative estimate of drug-likeness (QED) is 0.460. The normalized spacial score (nSPS) is 19.1. The summed E-state index contributed by atoms with van der Waals surface area (Å²) in [6.07, 6.45) is 8.88. The Hall–Kier alpha value is -3.61. The van der Waals surface area contributed by atoms with Gasteiger partial charge in [-0.25, -0.2) is 9.78 Å². The van der Waals surface area contributed by atoms with Crippen LogP contribution in [0.4, 0.5) is 22.2 Å². The van der Waals surface area contributed by atoms with Crippen molar-refractivity contribution < 1.29 is 4.79 Å². The molecule has 0 unspecified atom stereocenters. The lowest BCUT2D eigenvalue weighted by Gasteiger charge is -2.37. The van der Waals surface area contributed by atoms with Crippen LogP contribution in [0, 0.1) is 0 Å². The van der Waals surface area contributed by atoms with Crippen LogP contribution < -0.4 is 20.9 Å². The summed E-state index contributed by atoms with van der Waals surface area (Å²) >= 11 is 0. The number of benzene rings is 2. The number of aromatic nitrogens is 2. The van der Waals surface area contributed by atoms with Gasteiger partial charge in [0.1, 0.15) is 5.82 Å². The first-order chi connectivity index (χ1) is 18.0. The molecule has 1 aromatic heterocycles. The van der Waals surface area contributed by atoms with Crippen molar-refractivity contribution in [3.8, 4) is 0 Å². The van der Waals surface area contributed by atoms with Crippen molar-refractivity contribution in [2.24, 2.45) is 5.73 Å². The Labute approximate surface area is 220 Å². The highest BCUT2D eigenvalue weighted by Gasteiger charge is 2.31. The second-order valence-corrected chi connectivity index (χ2v) is 10.5. The summed E-state index contributed by atoms with van der Waals surface area (Å²) in [5.41, 5.74) is 11.7. The third-order valence-electron chi connectivity index (χ3n) is 7.71. The number of nitrogens with one attached hydrogen (secondary N) is 1. The minimum absolute atomic E-state index is 0.0780. The predicted octanol–water partition coefficient (Wildman–Crippen LogP) is 5.32. The van der Waals surface area contributed by atoms with E-state index in [0.29, 0.717) is 0 Å². The first kappa shape index (κ1) is 25.1. The minimum Gasteiger partial charge on any atom is -0.362 e. The highest BCUT2D eigenvalue weighted by atomic mass is 16.2. The van der Waals surface area contributed by atoms with Crippen molar-refractivity contribution >= 4 is 23.5 Å². The molecular weight excluding hydrogens is 460 g/mol. The number of fused-ring (bicyclic) bond motifs is 1. The van der Waals surface area contributed by atoms with Gasteiger partial charge in [0.15, 0.2) is 0 Å². The first-order valence-corrected chi connectivity index (χ1v) is 13.5. The van der Waals surface area contributed by atoms with E-state index in [1.165, 1.54) is 29.7 Å². The molecule has 194 valence electrons. The topological polar surface area (TPSA) is 87.4 Å². The summed E-state index contributed by atoms with van der Waals surface area (Å²) in [6.45, 7) is 0. The molecule has 1 fully saturated rings. The van der Waals surface area contributed by atoms with E-state index in [4.69, 9.17) is 15.7 Å². The average Bonchev–Trinajstić information content (AvgIpc) is 2.91. The molecule has 7 nitrogen and oxygen atoms in total. The van der Waals surface area contributed by atoms with Gasteiger partial charge in [-0.2, -0.15) is 4.98 Å². The van der Waals surface area contributed by atoms with Crippen LogP contribution in [0.5, 0.6) is 0 Å². The molecule has 0 saturated heterocycles. The van der Waals surface area contributed by atoms with E-state index in [0.717, 1.165) is 68.0 Å². The van der Waals surface area contributed by atoms with Crippen LogP contribution in [0.15, 0.2) is 54.6 Å². The van der Waals surface area contributed by atoms with Crippen molar-refractivity contribution in [3.63, 3.8) is 0 Å². The van der Waals surface area contributed by atoms with E-state index in [1.54, 1.807) is 0 Å². The van der Waals surface area contributed by atoms with Crippen molar-refractivity contribution in [1.82, 2.24) is 9.97 Å². The number of carbonyl (C=O) groups excluding carboxylic acids is 1. The van der Waals surface area contributed by atoms with E-state index in [1.807, 2.05) is 41.3 Å². The highest BCUT2D eigenvalue weighted by molar-refractivity contribution is 5.92.